The van der Waals surface area contributed by atoms with Gasteiger partial charge in [0, 0.05) is 44.5 Å². The van der Waals surface area contributed by atoms with Crippen LogP contribution in [-0.4, -0.2) is 6.71 Å². The third-order valence-corrected chi connectivity index (χ3v) is 19.4. The van der Waals surface area contributed by atoms with Gasteiger partial charge in [-0.15, -0.1) is 11.3 Å². The number of benzene rings is 7. The molecule has 3 nitrogen and oxygen atoms in total. The maximum atomic E-state index is 2.73. The monoisotopic (exact) mass is 990 g/mol. The second-order valence-corrected chi connectivity index (χ2v) is 28.3. The number of hydrogen-bond acceptors (Lipinski definition) is 4. The standard InChI is InChI=1S/C69H76BN3S/c1-43-36-44(64(2,3)4)26-30-56(43)73-59-40-49(71(46-22-18-16-19-23-46)47-24-20-17-21-25-47)39-58-62(59)70(61-50-37-45(65(5,6)7)27-31-60(50)74-63(61)73)55-41-53-54(69(14,15)35-34-68(53,12)13)42-57(55)72(58)48-28-29-51-52(38-48)67(10,11)33-32-66(51,8)9/h16-31,36-42H,32-35H2,1-15H3. The second-order valence-electron chi connectivity index (χ2n) is 27.3. The number of hydrogen-bond donors (Lipinski definition) is 0. The number of thiophene rings is 1. The molecule has 0 fully saturated rings. The van der Waals surface area contributed by atoms with E-state index < -0.39 is 0 Å². The molecule has 0 amide bonds. The number of anilines is 9. The summed E-state index contributed by atoms with van der Waals surface area (Å²) in [5, 5.41) is 2.69. The third kappa shape index (κ3) is 7.63. The number of para-hydroxylation sites is 2. The van der Waals surface area contributed by atoms with Crippen LogP contribution in [0.2, 0.25) is 0 Å². The van der Waals surface area contributed by atoms with Crippen LogP contribution in [0, 0.1) is 6.92 Å². The highest BCUT2D eigenvalue weighted by atomic mass is 32.1. The van der Waals surface area contributed by atoms with E-state index in [0.29, 0.717) is 0 Å². The van der Waals surface area contributed by atoms with Crippen LogP contribution in [0.25, 0.3) is 10.1 Å². The number of nitrogens with zero attached hydrogens (tertiary/aromatic N) is 3. The SMILES string of the molecule is Cc1cc(C(C)(C)C)ccc1N1c2cc(N(c3ccccc3)c3ccccc3)cc3c2B(c2cc4c(cc2N3c2ccc3c(c2)C(C)(C)CCC3(C)C)C(C)(C)CCC4(C)C)c2c1sc1ccc(C(C)(C)C)cc21. The molecule has 5 heteroatoms. The van der Waals surface area contributed by atoms with Gasteiger partial charge >= 0.3 is 0 Å². The van der Waals surface area contributed by atoms with Crippen molar-refractivity contribution in [3.05, 3.63) is 178 Å². The topological polar surface area (TPSA) is 9.72 Å². The molecule has 0 saturated heterocycles. The number of fused-ring (bicyclic) bond motifs is 8. The first-order valence-electron chi connectivity index (χ1n) is 27.5. The molecular weight excluding hydrogens is 914 g/mol. The average molecular weight is 990 g/mol. The van der Waals surface area contributed by atoms with Gasteiger partial charge in [-0.1, -0.05) is 170 Å². The van der Waals surface area contributed by atoms with Gasteiger partial charge in [-0.05, 0) is 193 Å². The van der Waals surface area contributed by atoms with Gasteiger partial charge in [-0.3, -0.25) is 0 Å². The molecule has 0 radical (unpaired) electrons. The maximum absolute atomic E-state index is 2.73. The summed E-state index contributed by atoms with van der Waals surface area (Å²) >= 11 is 1.97. The zero-order valence-electron chi connectivity index (χ0n) is 46.9. The Balaban J connectivity index is 1.27. The Morgan fingerprint density at radius 3 is 1.54 bits per heavy atom. The first kappa shape index (κ1) is 48.9. The van der Waals surface area contributed by atoms with Crippen LogP contribution >= 0.6 is 11.3 Å². The van der Waals surface area contributed by atoms with Crippen molar-refractivity contribution in [1.82, 2.24) is 0 Å². The molecule has 8 aromatic rings. The summed E-state index contributed by atoms with van der Waals surface area (Å²) in [6, 6.07) is 54.8. The largest absolute Gasteiger partial charge is 0.311 e. The summed E-state index contributed by atoms with van der Waals surface area (Å²) < 4.78 is 1.34. The second kappa shape index (κ2) is 16.5. The van der Waals surface area contributed by atoms with Crippen molar-refractivity contribution >= 4 is 95.0 Å². The quantitative estimate of drug-likeness (QED) is 0.159. The summed E-state index contributed by atoms with van der Waals surface area (Å²) in [4.78, 5) is 7.91. The normalized spacial score (nSPS) is 17.8. The smallest absolute Gasteiger partial charge is 0.254 e. The molecule has 0 atom stereocenters. The van der Waals surface area contributed by atoms with Crippen LogP contribution in [0.1, 0.15) is 162 Å². The number of rotatable bonds is 5. The van der Waals surface area contributed by atoms with Crippen molar-refractivity contribution in [3.8, 4) is 0 Å². The van der Waals surface area contributed by atoms with E-state index in [-0.39, 0.29) is 39.2 Å². The molecular formula is C69H76BN3S. The molecule has 7 aromatic carbocycles. The lowest BCUT2D eigenvalue weighted by Gasteiger charge is -2.48. The van der Waals surface area contributed by atoms with Gasteiger partial charge in [0.05, 0.1) is 10.7 Å². The molecule has 0 N–H and O–H groups in total. The van der Waals surface area contributed by atoms with Gasteiger partial charge in [0.15, 0.2) is 0 Å². The summed E-state index contributed by atoms with van der Waals surface area (Å²) in [7, 11) is 0. The van der Waals surface area contributed by atoms with Gasteiger partial charge in [0.1, 0.15) is 0 Å². The molecule has 376 valence electrons. The lowest BCUT2D eigenvalue weighted by atomic mass is 9.33. The number of aryl methyl sites for hydroxylation is 1. The van der Waals surface area contributed by atoms with Crippen LogP contribution in [0.3, 0.4) is 0 Å². The Morgan fingerprint density at radius 1 is 0.459 bits per heavy atom. The van der Waals surface area contributed by atoms with Crippen LogP contribution < -0.4 is 31.1 Å². The minimum atomic E-state index is -0.0225. The Labute approximate surface area is 447 Å². The van der Waals surface area contributed by atoms with Crippen LogP contribution in [0.4, 0.5) is 50.5 Å². The first-order valence-corrected chi connectivity index (χ1v) is 28.4. The highest BCUT2D eigenvalue weighted by molar-refractivity contribution is 7.26. The van der Waals surface area contributed by atoms with Crippen molar-refractivity contribution in [2.45, 2.75) is 162 Å². The highest BCUT2D eigenvalue weighted by Crippen LogP contribution is 2.55. The predicted octanol–water partition coefficient (Wildman–Crippen LogP) is 18.1. The summed E-state index contributed by atoms with van der Waals surface area (Å²) in [6.45, 7) is 36.3. The molecule has 74 heavy (non-hydrogen) atoms. The van der Waals surface area contributed by atoms with E-state index in [2.05, 4.69) is 258 Å². The Kier molecular flexibility index (Phi) is 10.9. The Hall–Kier alpha value is -6.04. The Bertz CT molecular complexity index is 3520. The fraction of sp³-hybridized carbons (Fsp3) is 0.362. The molecule has 0 unspecified atom stereocenters. The zero-order chi connectivity index (χ0) is 52.2. The first-order chi connectivity index (χ1) is 34.8. The lowest BCUT2D eigenvalue weighted by molar-refractivity contribution is 0.332. The maximum Gasteiger partial charge on any atom is 0.254 e. The average Bonchev–Trinajstić information content (AvgIpc) is 3.78. The van der Waals surface area contributed by atoms with Gasteiger partial charge in [0.2, 0.25) is 0 Å². The van der Waals surface area contributed by atoms with Gasteiger partial charge in [0.25, 0.3) is 6.71 Å². The van der Waals surface area contributed by atoms with Gasteiger partial charge in [-0.25, -0.2) is 0 Å². The molecule has 0 saturated carbocycles. The molecule has 2 aliphatic carbocycles. The van der Waals surface area contributed by atoms with Crippen LogP contribution in [0.5, 0.6) is 0 Å². The van der Waals surface area contributed by atoms with Crippen LogP contribution in [0.15, 0.2) is 140 Å². The third-order valence-electron chi connectivity index (χ3n) is 18.2. The van der Waals surface area contributed by atoms with E-state index in [1.807, 2.05) is 11.3 Å². The van der Waals surface area contributed by atoms with Crippen LogP contribution in [-0.2, 0) is 32.5 Å². The van der Waals surface area contributed by atoms with Crippen molar-refractivity contribution in [2.24, 2.45) is 0 Å². The van der Waals surface area contributed by atoms with Crippen molar-refractivity contribution in [2.75, 3.05) is 14.7 Å². The summed E-state index contributed by atoms with van der Waals surface area (Å²) in [6.07, 6.45) is 4.66. The molecule has 12 rings (SSSR count). The van der Waals surface area contributed by atoms with Gasteiger partial charge in [-0.2, -0.15) is 0 Å². The molecule has 0 bridgehead atoms. The predicted molar refractivity (Wildman–Crippen MR) is 323 cm³/mol. The molecule has 4 aliphatic rings. The fourth-order valence-corrected chi connectivity index (χ4v) is 14.6. The Morgan fingerprint density at radius 2 is 0.973 bits per heavy atom. The molecule has 3 heterocycles. The van der Waals surface area contributed by atoms with E-state index in [0.717, 1.165) is 36.3 Å². The molecule has 0 spiro atoms. The fourth-order valence-electron chi connectivity index (χ4n) is 13.4. The van der Waals surface area contributed by atoms with E-state index >= 15 is 0 Å². The van der Waals surface area contributed by atoms with E-state index in [4.69, 9.17) is 0 Å². The summed E-state index contributed by atoms with van der Waals surface area (Å²) in [5.41, 5.74) is 24.0. The van der Waals surface area contributed by atoms with E-state index in [1.54, 1.807) is 0 Å². The zero-order valence-corrected chi connectivity index (χ0v) is 47.8. The molecule has 1 aromatic heterocycles. The minimum Gasteiger partial charge on any atom is -0.311 e. The van der Waals surface area contributed by atoms with E-state index in [9.17, 15) is 0 Å². The van der Waals surface area contributed by atoms with E-state index in [1.165, 1.54) is 105 Å². The van der Waals surface area contributed by atoms with Crippen molar-refractivity contribution in [1.29, 1.82) is 0 Å². The van der Waals surface area contributed by atoms with Crippen molar-refractivity contribution < 1.29 is 0 Å². The minimum absolute atomic E-state index is 0.0116. The lowest BCUT2D eigenvalue weighted by Crippen LogP contribution is -2.61. The molecule has 2 aliphatic heterocycles. The van der Waals surface area contributed by atoms with Gasteiger partial charge < -0.3 is 14.7 Å². The highest BCUT2D eigenvalue weighted by Gasteiger charge is 2.49. The summed E-state index contributed by atoms with van der Waals surface area (Å²) in [5.74, 6) is 0. The van der Waals surface area contributed by atoms with Crippen molar-refractivity contribution in [3.63, 3.8) is 0 Å².